The van der Waals surface area contributed by atoms with Crippen LogP contribution in [0.15, 0.2) is 17.3 Å². The van der Waals surface area contributed by atoms with Gasteiger partial charge in [0.1, 0.15) is 0 Å². The van der Waals surface area contributed by atoms with Crippen molar-refractivity contribution in [3.05, 3.63) is 17.0 Å². The summed E-state index contributed by atoms with van der Waals surface area (Å²) < 4.78 is 1.50. The molecule has 4 heteroatoms. The Morgan fingerprint density at radius 1 is 1.38 bits per heavy atom. The van der Waals surface area contributed by atoms with E-state index in [1.54, 1.807) is 11.3 Å². The van der Waals surface area contributed by atoms with Crippen LogP contribution in [-0.2, 0) is 0 Å². The quantitative estimate of drug-likeness (QED) is 0.376. The van der Waals surface area contributed by atoms with E-state index >= 15 is 0 Å². The van der Waals surface area contributed by atoms with Gasteiger partial charge in [0.15, 0.2) is 0 Å². The summed E-state index contributed by atoms with van der Waals surface area (Å²) in [5, 5.41) is 11.8. The summed E-state index contributed by atoms with van der Waals surface area (Å²) in [6.07, 6.45) is 0. The van der Waals surface area contributed by atoms with Crippen LogP contribution in [0.3, 0.4) is 0 Å². The standard InChI is InChI=1S/C9H15GeNOS/c1-7(11-12)8-5-6-9(13-8)10(2,3)4/h5-6,12H,1-4H3. The molecule has 1 rings (SSSR count). The molecule has 0 saturated heterocycles. The molecule has 0 aliphatic rings. The third-order valence-corrected chi connectivity index (χ3v) is 10.1. The van der Waals surface area contributed by atoms with E-state index in [1.165, 1.54) is 3.71 Å². The van der Waals surface area contributed by atoms with E-state index < -0.39 is 13.3 Å². The first-order chi connectivity index (χ1) is 5.95. The fraction of sp³-hybridized carbons (Fsp3) is 0.444. The second-order valence-corrected chi connectivity index (χ2v) is 16.5. The zero-order valence-corrected chi connectivity index (χ0v) is 11.4. The number of hydrogen-bond donors (Lipinski definition) is 1. The van der Waals surface area contributed by atoms with Crippen LogP contribution in [0.25, 0.3) is 0 Å². The molecule has 1 heterocycles. The molecule has 0 radical (unpaired) electrons. The predicted molar refractivity (Wildman–Crippen MR) is 61.3 cm³/mol. The number of rotatable bonds is 2. The van der Waals surface area contributed by atoms with Gasteiger partial charge < -0.3 is 0 Å². The van der Waals surface area contributed by atoms with Crippen molar-refractivity contribution in [1.29, 1.82) is 0 Å². The molecule has 1 N–H and O–H groups in total. The van der Waals surface area contributed by atoms with E-state index in [4.69, 9.17) is 5.21 Å². The maximum atomic E-state index is 8.61. The molecular formula is C9H15GeNOS. The topological polar surface area (TPSA) is 32.6 Å². The van der Waals surface area contributed by atoms with Crippen molar-refractivity contribution in [3.63, 3.8) is 0 Å². The molecule has 1 aromatic rings. The van der Waals surface area contributed by atoms with Crippen molar-refractivity contribution in [1.82, 2.24) is 0 Å². The average Bonchev–Trinajstić information content (AvgIpc) is 2.50. The van der Waals surface area contributed by atoms with Gasteiger partial charge >= 0.3 is 85.6 Å². The molecule has 0 fully saturated rings. The second kappa shape index (κ2) is 3.84. The molecule has 0 aliphatic heterocycles. The minimum absolute atomic E-state index is 0.711. The van der Waals surface area contributed by atoms with Gasteiger partial charge in [0, 0.05) is 0 Å². The Morgan fingerprint density at radius 2 is 2.00 bits per heavy atom. The molecule has 0 amide bonds. The van der Waals surface area contributed by atoms with Crippen LogP contribution in [0, 0.1) is 0 Å². The summed E-state index contributed by atoms with van der Waals surface area (Å²) in [4.78, 5) is 1.08. The summed E-state index contributed by atoms with van der Waals surface area (Å²) in [5.41, 5.74) is 0.711. The molecule has 2 nitrogen and oxygen atoms in total. The van der Waals surface area contributed by atoms with Crippen molar-refractivity contribution in [2.24, 2.45) is 5.16 Å². The van der Waals surface area contributed by atoms with Crippen molar-refractivity contribution in [2.45, 2.75) is 24.2 Å². The minimum atomic E-state index is -1.67. The number of hydrogen-bond acceptors (Lipinski definition) is 3. The Labute approximate surface area is 85.6 Å². The van der Waals surface area contributed by atoms with Crippen LogP contribution >= 0.6 is 11.3 Å². The first-order valence-electron chi connectivity index (χ1n) is 4.24. The normalized spacial score (nSPS) is 13.4. The zero-order chi connectivity index (χ0) is 10.1. The summed E-state index contributed by atoms with van der Waals surface area (Å²) in [6, 6.07) is 4.22. The first-order valence-corrected chi connectivity index (χ1v) is 12.4. The van der Waals surface area contributed by atoms with Gasteiger partial charge in [-0.2, -0.15) is 0 Å². The van der Waals surface area contributed by atoms with Gasteiger partial charge in [-0.3, -0.25) is 0 Å². The molecule has 0 bridgehead atoms. The van der Waals surface area contributed by atoms with Crippen LogP contribution in [0.1, 0.15) is 11.8 Å². The Hall–Kier alpha value is -0.287. The van der Waals surface area contributed by atoms with Gasteiger partial charge in [0.05, 0.1) is 0 Å². The zero-order valence-electron chi connectivity index (χ0n) is 8.46. The summed E-state index contributed by atoms with van der Waals surface area (Å²) >= 11 is 0.0969. The van der Waals surface area contributed by atoms with E-state index in [-0.39, 0.29) is 0 Å². The molecule has 0 unspecified atom stereocenters. The SMILES string of the molecule is CC(=NO)c1cc[c]([Ge]([CH3])([CH3])[CH3])s1. The predicted octanol–water partition coefficient (Wildman–Crippen LogP) is 2.49. The third kappa shape index (κ3) is 2.58. The summed E-state index contributed by atoms with van der Waals surface area (Å²) in [6.45, 7) is 1.82. The molecule has 0 aromatic carbocycles. The summed E-state index contributed by atoms with van der Waals surface area (Å²) in [5.74, 6) is 7.09. The van der Waals surface area contributed by atoms with Crippen molar-refractivity contribution < 1.29 is 5.21 Å². The molecule has 13 heavy (non-hydrogen) atoms. The average molecular weight is 258 g/mol. The molecule has 1 aromatic heterocycles. The summed E-state index contributed by atoms with van der Waals surface area (Å²) in [7, 11) is 0. The van der Waals surface area contributed by atoms with Gasteiger partial charge in [-0.05, 0) is 0 Å². The monoisotopic (exact) mass is 259 g/mol. The van der Waals surface area contributed by atoms with Crippen LogP contribution in [0.5, 0.6) is 0 Å². The Balaban J connectivity index is 3.00. The van der Waals surface area contributed by atoms with Gasteiger partial charge in [0.2, 0.25) is 0 Å². The Bertz CT molecular complexity index is 325. The van der Waals surface area contributed by atoms with Gasteiger partial charge in [0.25, 0.3) is 0 Å². The van der Waals surface area contributed by atoms with Crippen molar-refractivity contribution >= 4 is 34.0 Å². The number of nitrogens with zero attached hydrogens (tertiary/aromatic N) is 1. The Morgan fingerprint density at radius 3 is 2.38 bits per heavy atom. The molecule has 0 spiro atoms. The second-order valence-electron chi connectivity index (χ2n) is 4.10. The van der Waals surface area contributed by atoms with Crippen LogP contribution in [0.2, 0.25) is 17.3 Å². The van der Waals surface area contributed by atoms with E-state index in [9.17, 15) is 0 Å². The van der Waals surface area contributed by atoms with Crippen LogP contribution < -0.4 is 3.71 Å². The van der Waals surface area contributed by atoms with E-state index in [0.717, 1.165) is 4.88 Å². The van der Waals surface area contributed by atoms with Crippen molar-refractivity contribution in [2.75, 3.05) is 0 Å². The molecular weight excluding hydrogens is 243 g/mol. The van der Waals surface area contributed by atoms with Gasteiger partial charge in [-0.25, -0.2) is 0 Å². The maximum absolute atomic E-state index is 8.61. The Kier molecular flexibility index (Phi) is 3.19. The molecule has 0 saturated carbocycles. The van der Waals surface area contributed by atoms with Crippen LogP contribution in [0.4, 0.5) is 0 Å². The molecule has 0 aliphatic carbocycles. The van der Waals surface area contributed by atoms with Crippen molar-refractivity contribution in [3.8, 4) is 0 Å². The van der Waals surface area contributed by atoms with E-state index in [2.05, 4.69) is 28.5 Å². The van der Waals surface area contributed by atoms with Gasteiger partial charge in [-0.15, -0.1) is 0 Å². The number of oxime groups is 1. The fourth-order valence-corrected chi connectivity index (χ4v) is 5.83. The molecule has 0 atom stereocenters. The van der Waals surface area contributed by atoms with E-state index in [0.29, 0.717) is 5.71 Å². The fourth-order valence-electron chi connectivity index (χ4n) is 0.985. The van der Waals surface area contributed by atoms with E-state index in [1.807, 2.05) is 13.0 Å². The van der Waals surface area contributed by atoms with Gasteiger partial charge in [-0.1, -0.05) is 0 Å². The first kappa shape index (κ1) is 10.8. The van der Waals surface area contributed by atoms with Crippen LogP contribution in [-0.4, -0.2) is 24.2 Å². The molecule has 72 valence electrons. The third-order valence-electron chi connectivity index (χ3n) is 1.85. The number of thiophene rings is 1.